The summed E-state index contributed by atoms with van der Waals surface area (Å²) in [4.78, 5) is 32.8. The van der Waals surface area contributed by atoms with Crippen LogP contribution >= 0.6 is 11.6 Å². The first-order valence-electron chi connectivity index (χ1n) is 9.98. The molecular formula is C22H25ClFN5O2. The van der Waals surface area contributed by atoms with Crippen LogP contribution in [-0.4, -0.2) is 67.3 Å². The second-order valence-electron chi connectivity index (χ2n) is 7.13. The van der Waals surface area contributed by atoms with Crippen LogP contribution in [0.15, 0.2) is 53.5 Å². The van der Waals surface area contributed by atoms with Gasteiger partial charge in [-0.05, 0) is 35.9 Å². The Hall–Kier alpha value is -3.13. The van der Waals surface area contributed by atoms with Crippen molar-refractivity contribution in [3.8, 4) is 0 Å². The smallest absolute Gasteiger partial charge is 0.243 e. The molecule has 0 saturated carbocycles. The molecule has 2 amide bonds. The number of guanidine groups is 1. The summed E-state index contributed by atoms with van der Waals surface area (Å²) in [5.74, 6) is -0.0814. The summed E-state index contributed by atoms with van der Waals surface area (Å²) in [5, 5.41) is 6.27. The lowest BCUT2D eigenvalue weighted by molar-refractivity contribution is -0.131. The molecule has 1 fully saturated rings. The van der Waals surface area contributed by atoms with E-state index < -0.39 is 5.82 Å². The zero-order chi connectivity index (χ0) is 22.2. The number of nitrogens with zero attached hydrogens (tertiary/aromatic N) is 3. The van der Waals surface area contributed by atoms with Gasteiger partial charge in [0.05, 0.1) is 13.0 Å². The molecule has 1 aliphatic heterocycles. The molecule has 1 heterocycles. The number of aliphatic imine (C=N–C) groups is 1. The monoisotopic (exact) mass is 445 g/mol. The number of anilines is 1. The molecule has 0 bridgehead atoms. The zero-order valence-corrected chi connectivity index (χ0v) is 18.0. The molecule has 9 heteroatoms. The van der Waals surface area contributed by atoms with Crippen LogP contribution in [0.25, 0.3) is 0 Å². The fraction of sp³-hybridized carbons (Fsp3) is 0.318. The fourth-order valence-corrected chi connectivity index (χ4v) is 3.58. The van der Waals surface area contributed by atoms with Gasteiger partial charge in [-0.2, -0.15) is 0 Å². The van der Waals surface area contributed by atoms with Gasteiger partial charge in [-0.25, -0.2) is 4.39 Å². The van der Waals surface area contributed by atoms with Gasteiger partial charge in [0.15, 0.2) is 5.96 Å². The number of nitrogens with one attached hydrogen (secondary N) is 2. The Kier molecular flexibility index (Phi) is 7.83. The van der Waals surface area contributed by atoms with Crippen molar-refractivity contribution >= 4 is 35.1 Å². The van der Waals surface area contributed by atoms with Crippen LogP contribution in [0.2, 0.25) is 5.02 Å². The molecule has 2 aromatic rings. The molecule has 0 aliphatic carbocycles. The van der Waals surface area contributed by atoms with E-state index in [2.05, 4.69) is 15.6 Å². The van der Waals surface area contributed by atoms with Gasteiger partial charge in [0.25, 0.3) is 0 Å². The first-order valence-corrected chi connectivity index (χ1v) is 10.4. The number of piperazine rings is 1. The standard InChI is InChI=1S/C22H25ClFN5O2/c1-25-22(26-15-20(30)27-19-7-3-6-18(24)14-19)29-10-8-28(9-11-29)21(31)13-16-4-2-5-17(23)12-16/h2-7,12,14H,8-11,13,15H2,1H3,(H,25,26)(H,27,30). The van der Waals surface area contributed by atoms with E-state index in [-0.39, 0.29) is 18.4 Å². The Morgan fingerprint density at radius 2 is 1.77 bits per heavy atom. The lowest BCUT2D eigenvalue weighted by Gasteiger charge is -2.36. The van der Waals surface area contributed by atoms with E-state index in [0.717, 1.165) is 5.56 Å². The van der Waals surface area contributed by atoms with Crippen LogP contribution in [0.3, 0.4) is 0 Å². The molecule has 164 valence electrons. The number of hydrogen-bond acceptors (Lipinski definition) is 3. The SMILES string of the molecule is CN=C(NCC(=O)Nc1cccc(F)c1)N1CCN(C(=O)Cc2cccc(Cl)c2)CC1. The van der Waals surface area contributed by atoms with Crippen LogP contribution in [0.4, 0.5) is 10.1 Å². The number of carbonyl (C=O) groups is 2. The lowest BCUT2D eigenvalue weighted by atomic mass is 10.1. The number of amides is 2. The molecule has 3 rings (SSSR count). The molecule has 0 unspecified atom stereocenters. The van der Waals surface area contributed by atoms with Gasteiger partial charge in [-0.3, -0.25) is 14.6 Å². The number of benzene rings is 2. The van der Waals surface area contributed by atoms with Crippen LogP contribution in [0.1, 0.15) is 5.56 Å². The van der Waals surface area contributed by atoms with Crippen molar-refractivity contribution in [2.45, 2.75) is 6.42 Å². The quantitative estimate of drug-likeness (QED) is 0.547. The predicted molar refractivity (Wildman–Crippen MR) is 120 cm³/mol. The first-order chi connectivity index (χ1) is 14.9. The molecule has 31 heavy (non-hydrogen) atoms. The highest BCUT2D eigenvalue weighted by atomic mass is 35.5. The van der Waals surface area contributed by atoms with Gasteiger partial charge in [0.2, 0.25) is 11.8 Å². The highest BCUT2D eigenvalue weighted by Crippen LogP contribution is 2.13. The molecule has 0 radical (unpaired) electrons. The Balaban J connectivity index is 1.45. The highest BCUT2D eigenvalue weighted by Gasteiger charge is 2.23. The number of hydrogen-bond donors (Lipinski definition) is 2. The summed E-state index contributed by atoms with van der Waals surface area (Å²) < 4.78 is 13.2. The van der Waals surface area contributed by atoms with Gasteiger partial charge >= 0.3 is 0 Å². The zero-order valence-electron chi connectivity index (χ0n) is 17.3. The minimum atomic E-state index is -0.413. The maximum atomic E-state index is 13.2. The third-order valence-corrected chi connectivity index (χ3v) is 5.14. The third kappa shape index (κ3) is 6.68. The maximum absolute atomic E-state index is 13.2. The van der Waals surface area contributed by atoms with Crippen LogP contribution in [-0.2, 0) is 16.0 Å². The Labute approximate surface area is 185 Å². The Morgan fingerprint density at radius 1 is 1.06 bits per heavy atom. The second-order valence-corrected chi connectivity index (χ2v) is 7.57. The molecule has 0 atom stereocenters. The van der Waals surface area contributed by atoms with Crippen molar-refractivity contribution < 1.29 is 14.0 Å². The van der Waals surface area contributed by atoms with Crippen molar-refractivity contribution in [1.29, 1.82) is 0 Å². The first kappa shape index (κ1) is 22.6. The van der Waals surface area contributed by atoms with E-state index in [1.165, 1.54) is 18.2 Å². The molecule has 0 spiro atoms. The molecule has 1 aliphatic rings. The Bertz CT molecular complexity index is 960. The van der Waals surface area contributed by atoms with Crippen molar-refractivity contribution in [2.24, 2.45) is 4.99 Å². The summed E-state index contributed by atoms with van der Waals surface area (Å²) in [6.45, 7) is 2.33. The normalized spacial score (nSPS) is 14.4. The number of rotatable bonds is 5. The lowest BCUT2D eigenvalue weighted by Crippen LogP contribution is -2.54. The second kappa shape index (κ2) is 10.8. The predicted octanol–water partition coefficient (Wildman–Crippen LogP) is 2.38. The fourth-order valence-electron chi connectivity index (χ4n) is 3.36. The van der Waals surface area contributed by atoms with Gasteiger partial charge in [0, 0.05) is 43.9 Å². The van der Waals surface area contributed by atoms with E-state index in [1.54, 1.807) is 25.2 Å². The van der Waals surface area contributed by atoms with Crippen molar-refractivity contribution in [1.82, 2.24) is 15.1 Å². The summed E-state index contributed by atoms with van der Waals surface area (Å²) in [5.41, 5.74) is 1.29. The van der Waals surface area contributed by atoms with Crippen LogP contribution < -0.4 is 10.6 Å². The van der Waals surface area contributed by atoms with Crippen LogP contribution in [0.5, 0.6) is 0 Å². The average molecular weight is 446 g/mol. The third-order valence-electron chi connectivity index (χ3n) is 4.90. The summed E-state index contributed by atoms with van der Waals surface area (Å²) in [6, 6.07) is 13.0. The summed E-state index contributed by atoms with van der Waals surface area (Å²) >= 11 is 5.99. The van der Waals surface area contributed by atoms with E-state index in [0.29, 0.717) is 49.3 Å². The molecular weight excluding hydrogens is 421 g/mol. The maximum Gasteiger partial charge on any atom is 0.243 e. The van der Waals surface area contributed by atoms with Crippen molar-refractivity contribution in [3.63, 3.8) is 0 Å². The topological polar surface area (TPSA) is 77.0 Å². The summed E-state index contributed by atoms with van der Waals surface area (Å²) in [6.07, 6.45) is 0.313. The van der Waals surface area contributed by atoms with Gasteiger partial charge < -0.3 is 20.4 Å². The summed E-state index contributed by atoms with van der Waals surface area (Å²) in [7, 11) is 1.64. The molecule has 2 aromatic carbocycles. The largest absolute Gasteiger partial charge is 0.347 e. The average Bonchev–Trinajstić information content (AvgIpc) is 2.74. The van der Waals surface area contributed by atoms with Gasteiger partial charge in [-0.15, -0.1) is 0 Å². The van der Waals surface area contributed by atoms with Crippen molar-refractivity contribution in [3.05, 3.63) is 64.9 Å². The molecule has 1 saturated heterocycles. The molecule has 2 N–H and O–H groups in total. The Morgan fingerprint density at radius 3 is 2.45 bits per heavy atom. The highest BCUT2D eigenvalue weighted by molar-refractivity contribution is 6.30. The minimum Gasteiger partial charge on any atom is -0.347 e. The van der Waals surface area contributed by atoms with Gasteiger partial charge in [0.1, 0.15) is 5.82 Å². The van der Waals surface area contributed by atoms with E-state index in [4.69, 9.17) is 11.6 Å². The molecule has 7 nitrogen and oxygen atoms in total. The van der Waals surface area contributed by atoms with E-state index in [9.17, 15) is 14.0 Å². The number of carbonyl (C=O) groups excluding carboxylic acids is 2. The van der Waals surface area contributed by atoms with E-state index >= 15 is 0 Å². The van der Waals surface area contributed by atoms with Crippen LogP contribution in [0, 0.1) is 5.82 Å². The minimum absolute atomic E-state index is 0.00288. The van der Waals surface area contributed by atoms with Gasteiger partial charge in [-0.1, -0.05) is 29.8 Å². The molecule has 0 aromatic heterocycles. The number of halogens is 2. The van der Waals surface area contributed by atoms with Crippen molar-refractivity contribution in [2.75, 3.05) is 45.1 Å². The van der Waals surface area contributed by atoms with E-state index in [1.807, 2.05) is 21.9 Å².